The minimum atomic E-state index is -1.40. The molecule has 4 aromatic rings. The van der Waals surface area contributed by atoms with Crippen LogP contribution in [0.3, 0.4) is 0 Å². The molecule has 32 heavy (non-hydrogen) atoms. The van der Waals surface area contributed by atoms with Crippen molar-refractivity contribution in [1.82, 2.24) is 4.57 Å². The molecule has 0 aliphatic carbocycles. The number of aromatic carboxylic acids is 1. The van der Waals surface area contributed by atoms with Gasteiger partial charge in [0.25, 0.3) is 5.91 Å². The average Bonchev–Trinajstić information content (AvgIpc) is 3.23. The number of hydrogen-bond donors (Lipinski definition) is 2. The first kappa shape index (κ1) is 20.9. The Morgan fingerprint density at radius 2 is 1.66 bits per heavy atom. The Morgan fingerprint density at radius 3 is 2.41 bits per heavy atom. The number of rotatable bonds is 4. The highest BCUT2D eigenvalue weighted by Gasteiger charge is 2.50. The zero-order chi connectivity index (χ0) is 22.6. The number of hydrogen-bond acceptors (Lipinski definition) is 2. The van der Waals surface area contributed by atoms with Gasteiger partial charge in [0.2, 0.25) is 0 Å². The summed E-state index contributed by atoms with van der Waals surface area (Å²) in [5.74, 6) is -1.52. The van der Waals surface area contributed by atoms with E-state index in [2.05, 4.69) is 5.32 Å². The number of halogens is 3. The van der Waals surface area contributed by atoms with Gasteiger partial charge in [0.05, 0.1) is 5.52 Å². The van der Waals surface area contributed by atoms with Gasteiger partial charge in [-0.25, -0.2) is 4.79 Å². The lowest BCUT2D eigenvalue weighted by atomic mass is 9.84. The molecule has 1 aliphatic heterocycles. The molecule has 2 heterocycles. The lowest BCUT2D eigenvalue weighted by Crippen LogP contribution is -2.45. The smallest absolute Gasteiger partial charge is 0.352 e. The molecule has 5 nitrogen and oxygen atoms in total. The number of carbonyl (C=O) groups excluding carboxylic acids is 1. The Bertz CT molecular complexity index is 1430. The highest BCUT2D eigenvalue weighted by Crippen LogP contribution is 2.45. The van der Waals surface area contributed by atoms with Crippen LogP contribution in [0.1, 0.15) is 21.6 Å². The molecular formula is C24H15Cl3N2O3. The van der Waals surface area contributed by atoms with Gasteiger partial charge in [0.1, 0.15) is 5.69 Å². The van der Waals surface area contributed by atoms with Gasteiger partial charge < -0.3 is 15.0 Å². The maximum Gasteiger partial charge on any atom is 0.352 e. The van der Waals surface area contributed by atoms with Crippen LogP contribution in [0.15, 0.2) is 66.7 Å². The highest BCUT2D eigenvalue weighted by molar-refractivity contribution is 6.32. The Balaban J connectivity index is 1.89. The van der Waals surface area contributed by atoms with Gasteiger partial charge in [-0.15, -0.1) is 0 Å². The third-order valence-corrected chi connectivity index (χ3v) is 6.47. The largest absolute Gasteiger partial charge is 0.477 e. The number of benzene rings is 3. The fourth-order valence-corrected chi connectivity index (χ4v) is 5.04. The van der Waals surface area contributed by atoms with Crippen LogP contribution in [0.4, 0.5) is 5.69 Å². The molecule has 3 aromatic carbocycles. The Kier molecular flexibility index (Phi) is 4.93. The molecule has 1 unspecified atom stereocenters. The molecule has 0 radical (unpaired) electrons. The van der Waals surface area contributed by atoms with E-state index >= 15 is 0 Å². The predicted octanol–water partition coefficient (Wildman–Crippen LogP) is 6.24. The van der Waals surface area contributed by atoms with Crippen molar-refractivity contribution in [2.75, 3.05) is 5.32 Å². The van der Waals surface area contributed by atoms with Crippen LogP contribution in [0.2, 0.25) is 15.1 Å². The van der Waals surface area contributed by atoms with Crippen LogP contribution in [-0.4, -0.2) is 21.6 Å². The molecule has 0 saturated carbocycles. The van der Waals surface area contributed by atoms with E-state index in [0.29, 0.717) is 37.2 Å². The molecular weight excluding hydrogens is 471 g/mol. The minimum absolute atomic E-state index is 0.0257. The monoisotopic (exact) mass is 484 g/mol. The zero-order valence-electron chi connectivity index (χ0n) is 16.4. The number of nitrogens with zero attached hydrogens (tertiary/aromatic N) is 1. The first-order valence-electron chi connectivity index (χ1n) is 9.70. The molecule has 1 atom stereocenters. The number of fused-ring (bicyclic) bond motifs is 2. The van der Waals surface area contributed by atoms with Crippen molar-refractivity contribution in [2.45, 2.75) is 12.0 Å². The first-order chi connectivity index (χ1) is 15.3. The highest BCUT2D eigenvalue weighted by atomic mass is 35.5. The fourth-order valence-electron chi connectivity index (χ4n) is 4.49. The number of aromatic nitrogens is 1. The summed E-state index contributed by atoms with van der Waals surface area (Å²) in [6.45, 7) is 0. The van der Waals surface area contributed by atoms with Gasteiger partial charge in [0, 0.05) is 38.1 Å². The average molecular weight is 486 g/mol. The van der Waals surface area contributed by atoms with Crippen LogP contribution in [-0.2, 0) is 16.8 Å². The van der Waals surface area contributed by atoms with Gasteiger partial charge in [-0.2, -0.15) is 0 Å². The van der Waals surface area contributed by atoms with Crippen molar-refractivity contribution in [3.8, 4) is 0 Å². The Morgan fingerprint density at radius 1 is 0.938 bits per heavy atom. The lowest BCUT2D eigenvalue weighted by molar-refractivity contribution is -0.121. The number of carboxylic acids is 1. The van der Waals surface area contributed by atoms with E-state index in [4.69, 9.17) is 34.8 Å². The molecule has 0 spiro atoms. The van der Waals surface area contributed by atoms with Crippen LogP contribution < -0.4 is 5.32 Å². The molecule has 1 aromatic heterocycles. The fraction of sp³-hybridized carbons (Fsp3) is 0.0833. The summed E-state index contributed by atoms with van der Waals surface area (Å²) in [4.78, 5) is 26.0. The van der Waals surface area contributed by atoms with E-state index in [1.54, 1.807) is 65.2 Å². The van der Waals surface area contributed by atoms with E-state index in [1.807, 2.05) is 6.07 Å². The van der Waals surface area contributed by atoms with E-state index in [0.717, 1.165) is 5.56 Å². The summed E-state index contributed by atoms with van der Waals surface area (Å²) < 4.78 is 1.56. The Labute approximate surface area is 198 Å². The van der Waals surface area contributed by atoms with Crippen LogP contribution in [0.5, 0.6) is 0 Å². The van der Waals surface area contributed by atoms with Crippen LogP contribution in [0, 0.1) is 0 Å². The zero-order valence-corrected chi connectivity index (χ0v) is 18.7. The van der Waals surface area contributed by atoms with Gasteiger partial charge in [-0.05, 0) is 48.0 Å². The van der Waals surface area contributed by atoms with E-state index in [1.165, 1.54) is 0 Å². The summed E-state index contributed by atoms with van der Waals surface area (Å²) in [7, 11) is 0. The predicted molar refractivity (Wildman–Crippen MR) is 126 cm³/mol. The van der Waals surface area contributed by atoms with Gasteiger partial charge in [-0.1, -0.05) is 59.1 Å². The maximum absolute atomic E-state index is 13.7. The normalized spacial score (nSPS) is 17.4. The van der Waals surface area contributed by atoms with E-state index in [9.17, 15) is 14.7 Å². The number of carbonyl (C=O) groups is 2. The molecule has 5 rings (SSSR count). The van der Waals surface area contributed by atoms with Gasteiger partial charge in [-0.3, -0.25) is 4.79 Å². The van der Waals surface area contributed by atoms with Crippen molar-refractivity contribution in [3.05, 3.63) is 98.6 Å². The van der Waals surface area contributed by atoms with Gasteiger partial charge in [0.15, 0.2) is 5.54 Å². The van der Waals surface area contributed by atoms with Crippen LogP contribution in [0.25, 0.3) is 10.9 Å². The maximum atomic E-state index is 13.7. The Hall–Kier alpha value is -2.99. The summed E-state index contributed by atoms with van der Waals surface area (Å²) in [6, 6.07) is 18.9. The number of anilines is 1. The molecule has 1 amide bonds. The summed E-state index contributed by atoms with van der Waals surface area (Å²) in [5.41, 5.74) is 1.04. The number of nitrogens with one attached hydrogen (secondary N) is 1. The van der Waals surface area contributed by atoms with E-state index < -0.39 is 11.5 Å². The second kappa shape index (κ2) is 7.55. The second-order valence-corrected chi connectivity index (χ2v) is 8.99. The SMILES string of the molecule is O=C(O)c1cc2ccc(Cl)cc2n1C1(Cc2cccc(Cl)c2)C(=O)Nc2cc(Cl)ccc21. The summed E-state index contributed by atoms with van der Waals surface area (Å²) in [5, 5.41) is 15.0. The molecule has 0 bridgehead atoms. The van der Waals surface area contributed by atoms with Crippen LogP contribution >= 0.6 is 34.8 Å². The number of carboxylic acid groups (broad SMARTS) is 1. The molecule has 2 N–H and O–H groups in total. The summed E-state index contributed by atoms with van der Waals surface area (Å²) in [6.07, 6.45) is 0.171. The topological polar surface area (TPSA) is 71.3 Å². The third kappa shape index (κ3) is 3.16. The standard InChI is InChI=1S/C24H15Cl3N2O3/c25-15-3-1-2-13(8-15)12-24(18-7-6-16(26)10-19(18)28-23(24)32)29-20-11-17(27)5-4-14(20)9-21(29)22(30)31/h1-11H,12H2,(H,28,32)(H,30,31). The first-order valence-corrected chi connectivity index (χ1v) is 10.8. The summed E-state index contributed by atoms with van der Waals surface area (Å²) >= 11 is 18.7. The third-order valence-electron chi connectivity index (χ3n) is 5.77. The number of amides is 1. The molecule has 8 heteroatoms. The molecule has 0 fully saturated rings. The van der Waals surface area contributed by atoms with E-state index in [-0.39, 0.29) is 18.0 Å². The van der Waals surface area contributed by atoms with Crippen molar-refractivity contribution in [2.24, 2.45) is 0 Å². The second-order valence-electron chi connectivity index (χ2n) is 7.68. The minimum Gasteiger partial charge on any atom is -0.477 e. The lowest BCUT2D eigenvalue weighted by Gasteiger charge is -2.32. The molecule has 160 valence electrons. The van der Waals surface area contributed by atoms with Gasteiger partial charge >= 0.3 is 5.97 Å². The van der Waals surface area contributed by atoms with Crippen molar-refractivity contribution in [1.29, 1.82) is 0 Å². The van der Waals surface area contributed by atoms with Crippen molar-refractivity contribution in [3.63, 3.8) is 0 Å². The quantitative estimate of drug-likeness (QED) is 0.359. The molecule has 1 aliphatic rings. The van der Waals surface area contributed by atoms with Crippen molar-refractivity contribution >= 4 is 63.3 Å². The molecule has 0 saturated heterocycles. The van der Waals surface area contributed by atoms with Crippen molar-refractivity contribution < 1.29 is 14.7 Å².